The van der Waals surface area contributed by atoms with Crippen LogP contribution in [0.15, 0.2) is 30.3 Å². The lowest BCUT2D eigenvalue weighted by molar-refractivity contribution is -0.0125. The number of ether oxygens (including phenoxy) is 1. The molecule has 110 valence electrons. The van der Waals surface area contributed by atoms with Crippen LogP contribution < -0.4 is 0 Å². The lowest BCUT2D eigenvalue weighted by Crippen LogP contribution is -2.52. The largest absolute Gasteiger partial charge is 0.444 e. The molecule has 1 aromatic rings. The van der Waals surface area contributed by atoms with Crippen LogP contribution in [0.4, 0.5) is 4.79 Å². The Kier molecular flexibility index (Phi) is 4.07. The monoisotopic (exact) mass is 275 g/mol. The van der Waals surface area contributed by atoms with Crippen LogP contribution in [-0.4, -0.2) is 23.1 Å². The third-order valence-electron chi connectivity index (χ3n) is 3.90. The average molecular weight is 275 g/mol. The van der Waals surface area contributed by atoms with E-state index in [4.69, 9.17) is 4.74 Å². The van der Waals surface area contributed by atoms with Gasteiger partial charge in [0.05, 0.1) is 5.54 Å². The minimum absolute atomic E-state index is 0.205. The number of hydrogen-bond donors (Lipinski definition) is 0. The van der Waals surface area contributed by atoms with Gasteiger partial charge in [-0.25, -0.2) is 4.79 Å². The molecule has 0 aromatic heterocycles. The summed E-state index contributed by atoms with van der Waals surface area (Å²) in [4.78, 5) is 14.4. The minimum atomic E-state index is -0.452. The topological polar surface area (TPSA) is 29.5 Å². The summed E-state index contributed by atoms with van der Waals surface area (Å²) in [6.45, 7) is 8.64. The Labute approximate surface area is 121 Å². The van der Waals surface area contributed by atoms with Crippen LogP contribution in [0.5, 0.6) is 0 Å². The first-order valence-corrected chi connectivity index (χ1v) is 7.39. The van der Waals surface area contributed by atoms with Crippen LogP contribution in [0, 0.1) is 0 Å². The second-order valence-corrected chi connectivity index (χ2v) is 6.73. The van der Waals surface area contributed by atoms with Crippen LogP contribution in [0.25, 0.3) is 0 Å². The molecule has 1 saturated heterocycles. The summed E-state index contributed by atoms with van der Waals surface area (Å²) in [5.74, 6) is 0. The summed E-state index contributed by atoms with van der Waals surface area (Å²) < 4.78 is 5.58. The molecule has 1 aliphatic heterocycles. The van der Waals surface area contributed by atoms with Gasteiger partial charge in [-0.3, -0.25) is 4.90 Å². The fourth-order valence-corrected chi connectivity index (χ4v) is 2.83. The van der Waals surface area contributed by atoms with Crippen molar-refractivity contribution in [2.45, 2.75) is 58.1 Å². The molecule has 20 heavy (non-hydrogen) atoms. The van der Waals surface area contributed by atoms with E-state index >= 15 is 0 Å². The predicted octanol–water partition coefficient (Wildman–Crippen LogP) is 4.32. The SMILES string of the molecule is CC(C)(C)OC(=O)N1CCCCC1(C)c1ccccc1. The number of hydrogen-bond acceptors (Lipinski definition) is 2. The molecule has 1 fully saturated rings. The highest BCUT2D eigenvalue weighted by Gasteiger charge is 2.40. The maximum absolute atomic E-state index is 12.5. The summed E-state index contributed by atoms with van der Waals surface area (Å²) in [6.07, 6.45) is 2.96. The molecule has 0 aliphatic carbocycles. The summed E-state index contributed by atoms with van der Waals surface area (Å²) in [6, 6.07) is 10.3. The molecule has 1 aromatic carbocycles. The number of benzene rings is 1. The van der Waals surface area contributed by atoms with Crippen molar-refractivity contribution in [3.05, 3.63) is 35.9 Å². The van der Waals surface area contributed by atoms with Gasteiger partial charge in [0, 0.05) is 6.54 Å². The molecule has 2 rings (SSSR count). The smallest absolute Gasteiger partial charge is 0.411 e. The zero-order valence-corrected chi connectivity index (χ0v) is 13.0. The van der Waals surface area contributed by atoms with Gasteiger partial charge >= 0.3 is 6.09 Å². The van der Waals surface area contributed by atoms with Crippen LogP contribution >= 0.6 is 0 Å². The highest BCUT2D eigenvalue weighted by molar-refractivity contribution is 5.69. The summed E-state index contributed by atoms with van der Waals surface area (Å²) >= 11 is 0. The Hall–Kier alpha value is -1.51. The number of carbonyl (C=O) groups excluding carboxylic acids is 1. The quantitative estimate of drug-likeness (QED) is 0.763. The van der Waals surface area contributed by atoms with Crippen LogP contribution in [0.2, 0.25) is 0 Å². The minimum Gasteiger partial charge on any atom is -0.444 e. The summed E-state index contributed by atoms with van der Waals surface area (Å²) in [5.41, 5.74) is 0.471. The molecule has 3 nitrogen and oxygen atoms in total. The van der Waals surface area contributed by atoms with E-state index in [1.165, 1.54) is 5.56 Å². The zero-order valence-electron chi connectivity index (χ0n) is 13.0. The number of rotatable bonds is 1. The number of carbonyl (C=O) groups is 1. The van der Waals surface area contributed by atoms with E-state index in [0.717, 1.165) is 25.8 Å². The molecule has 0 N–H and O–H groups in total. The molecule has 0 bridgehead atoms. The third kappa shape index (κ3) is 3.14. The molecule has 1 heterocycles. The van der Waals surface area contributed by atoms with Gasteiger partial charge in [0.1, 0.15) is 5.60 Å². The van der Waals surface area contributed by atoms with Gasteiger partial charge in [0.15, 0.2) is 0 Å². The predicted molar refractivity (Wildman–Crippen MR) is 80.6 cm³/mol. The standard InChI is InChI=1S/C17H25NO2/c1-16(2,3)20-15(19)18-13-9-8-12-17(18,4)14-10-6-5-7-11-14/h5-7,10-11H,8-9,12-13H2,1-4H3. The van der Waals surface area contributed by atoms with Crippen molar-refractivity contribution >= 4 is 6.09 Å². The van der Waals surface area contributed by atoms with E-state index < -0.39 is 5.60 Å². The van der Waals surface area contributed by atoms with Gasteiger partial charge < -0.3 is 4.74 Å². The molecule has 1 atom stereocenters. The van der Waals surface area contributed by atoms with Crippen molar-refractivity contribution in [1.29, 1.82) is 0 Å². The Morgan fingerprint density at radius 3 is 2.45 bits per heavy atom. The van der Waals surface area contributed by atoms with Gasteiger partial charge in [-0.1, -0.05) is 30.3 Å². The first kappa shape index (κ1) is 14.9. The first-order chi connectivity index (χ1) is 9.33. The Bertz CT molecular complexity index is 464. The van der Waals surface area contributed by atoms with E-state index in [1.54, 1.807) is 0 Å². The first-order valence-electron chi connectivity index (χ1n) is 7.39. The molecule has 0 saturated carbocycles. The Balaban J connectivity index is 2.27. The molecule has 1 amide bonds. The fraction of sp³-hybridized carbons (Fsp3) is 0.588. The third-order valence-corrected chi connectivity index (χ3v) is 3.90. The van der Waals surface area contributed by atoms with E-state index in [1.807, 2.05) is 43.9 Å². The normalized spacial score (nSPS) is 23.5. The van der Waals surface area contributed by atoms with Crippen molar-refractivity contribution in [3.63, 3.8) is 0 Å². The van der Waals surface area contributed by atoms with Gasteiger partial charge in [-0.2, -0.15) is 0 Å². The number of likely N-dealkylation sites (tertiary alicyclic amines) is 1. The molecule has 1 unspecified atom stereocenters. The van der Waals surface area contributed by atoms with E-state index in [2.05, 4.69) is 19.1 Å². The second kappa shape index (κ2) is 5.47. The molecule has 1 aliphatic rings. The van der Waals surface area contributed by atoms with Gasteiger partial charge in [0.25, 0.3) is 0 Å². The maximum atomic E-state index is 12.5. The van der Waals surface area contributed by atoms with Crippen LogP contribution in [0.1, 0.15) is 52.5 Å². The van der Waals surface area contributed by atoms with Crippen molar-refractivity contribution in [1.82, 2.24) is 4.90 Å². The number of amides is 1. The molecular weight excluding hydrogens is 250 g/mol. The summed E-state index contributed by atoms with van der Waals surface area (Å²) in [5, 5.41) is 0. The Morgan fingerprint density at radius 1 is 1.20 bits per heavy atom. The van der Waals surface area contributed by atoms with Crippen molar-refractivity contribution in [3.8, 4) is 0 Å². The Morgan fingerprint density at radius 2 is 1.85 bits per heavy atom. The fourth-order valence-electron chi connectivity index (χ4n) is 2.83. The van der Waals surface area contributed by atoms with Gasteiger partial charge in [0.2, 0.25) is 0 Å². The lowest BCUT2D eigenvalue weighted by Gasteiger charge is -2.45. The van der Waals surface area contributed by atoms with Crippen LogP contribution in [-0.2, 0) is 10.3 Å². The van der Waals surface area contributed by atoms with Gasteiger partial charge in [-0.15, -0.1) is 0 Å². The zero-order chi connectivity index (χ0) is 14.8. The summed E-state index contributed by atoms with van der Waals surface area (Å²) in [7, 11) is 0. The maximum Gasteiger partial charge on any atom is 0.411 e. The van der Waals surface area contributed by atoms with Crippen molar-refractivity contribution in [2.24, 2.45) is 0 Å². The van der Waals surface area contributed by atoms with E-state index in [-0.39, 0.29) is 11.6 Å². The highest BCUT2D eigenvalue weighted by atomic mass is 16.6. The highest BCUT2D eigenvalue weighted by Crippen LogP contribution is 2.38. The number of piperidine rings is 1. The van der Waals surface area contributed by atoms with E-state index in [9.17, 15) is 4.79 Å². The molecule has 0 radical (unpaired) electrons. The average Bonchev–Trinajstić information content (AvgIpc) is 2.38. The second-order valence-electron chi connectivity index (χ2n) is 6.73. The van der Waals surface area contributed by atoms with Crippen LogP contribution in [0.3, 0.4) is 0 Å². The molecular formula is C17H25NO2. The van der Waals surface area contributed by atoms with Crippen molar-refractivity contribution < 1.29 is 9.53 Å². The van der Waals surface area contributed by atoms with Gasteiger partial charge in [-0.05, 0) is 52.5 Å². The lowest BCUT2D eigenvalue weighted by atomic mass is 9.82. The van der Waals surface area contributed by atoms with Crippen molar-refractivity contribution in [2.75, 3.05) is 6.54 Å². The number of nitrogens with zero attached hydrogens (tertiary/aromatic N) is 1. The van der Waals surface area contributed by atoms with E-state index in [0.29, 0.717) is 0 Å². The molecule has 0 spiro atoms. The molecule has 3 heteroatoms.